The number of nitrogens with one attached hydrogen (secondary N) is 1. The predicted octanol–water partition coefficient (Wildman–Crippen LogP) is -0.135. The third kappa shape index (κ3) is 2.33. The van der Waals surface area contributed by atoms with Crippen LogP contribution >= 0.6 is 0 Å². The molecule has 4 N–H and O–H groups in total. The van der Waals surface area contributed by atoms with E-state index in [1.165, 1.54) is 5.48 Å². The lowest BCUT2D eigenvalue weighted by Gasteiger charge is -2.14. The molecule has 0 aromatic heterocycles. The molecule has 0 radical (unpaired) electrons. The molecule has 0 aromatic carbocycles. The summed E-state index contributed by atoms with van der Waals surface area (Å²) in [4.78, 5) is 10.6. The number of carbonyl (C=O) groups excluding carboxylic acids is 1. The van der Waals surface area contributed by atoms with Crippen LogP contribution in [0.15, 0.2) is 0 Å². The van der Waals surface area contributed by atoms with Crippen LogP contribution in [0.3, 0.4) is 0 Å². The van der Waals surface area contributed by atoms with Crippen molar-refractivity contribution in [2.75, 3.05) is 0 Å². The van der Waals surface area contributed by atoms with Crippen LogP contribution in [0.4, 0.5) is 0 Å². The first-order valence-electron chi connectivity index (χ1n) is 3.33. The van der Waals surface area contributed by atoms with Gasteiger partial charge in [0.1, 0.15) is 0 Å². The van der Waals surface area contributed by atoms with Crippen molar-refractivity contribution in [1.82, 2.24) is 5.48 Å². The maximum absolute atomic E-state index is 10.6. The van der Waals surface area contributed by atoms with Gasteiger partial charge in [-0.2, -0.15) is 0 Å². The Morgan fingerprint density at radius 2 is 2.30 bits per heavy atom. The smallest absolute Gasteiger partial charge is 0.260 e. The van der Waals surface area contributed by atoms with Gasteiger partial charge >= 0.3 is 0 Å². The third-order valence-corrected chi connectivity index (χ3v) is 1.67. The summed E-state index contributed by atoms with van der Waals surface area (Å²) in [6, 6.07) is -0.602. The van der Waals surface area contributed by atoms with E-state index in [0.717, 1.165) is 6.42 Å². The van der Waals surface area contributed by atoms with E-state index in [1.54, 1.807) is 0 Å². The largest absolute Gasteiger partial charge is 0.320 e. The second kappa shape index (κ2) is 4.24. The van der Waals surface area contributed by atoms with Gasteiger partial charge in [0.2, 0.25) is 0 Å². The highest BCUT2D eigenvalue weighted by atomic mass is 16.5. The van der Waals surface area contributed by atoms with Gasteiger partial charge in [-0.25, -0.2) is 5.48 Å². The first-order chi connectivity index (χ1) is 4.63. The van der Waals surface area contributed by atoms with E-state index in [1.807, 2.05) is 13.8 Å². The lowest BCUT2D eigenvalue weighted by molar-refractivity contribution is -0.131. The SMILES string of the molecule is CC[C@@H](C)[C@H](N)C(=O)NO. The van der Waals surface area contributed by atoms with Gasteiger partial charge in [-0.15, -0.1) is 0 Å². The van der Waals surface area contributed by atoms with E-state index >= 15 is 0 Å². The number of hydrogen-bond acceptors (Lipinski definition) is 3. The molecule has 4 nitrogen and oxygen atoms in total. The van der Waals surface area contributed by atoms with Crippen molar-refractivity contribution in [3.05, 3.63) is 0 Å². The molecule has 0 saturated heterocycles. The summed E-state index contributed by atoms with van der Waals surface area (Å²) in [6.07, 6.45) is 0.828. The maximum atomic E-state index is 10.6. The lowest BCUT2D eigenvalue weighted by atomic mass is 10.00. The van der Waals surface area contributed by atoms with E-state index in [4.69, 9.17) is 10.9 Å². The highest BCUT2D eigenvalue weighted by Crippen LogP contribution is 2.04. The van der Waals surface area contributed by atoms with Gasteiger partial charge in [0.25, 0.3) is 5.91 Å². The highest BCUT2D eigenvalue weighted by molar-refractivity contribution is 5.80. The number of hydroxylamine groups is 1. The quantitative estimate of drug-likeness (QED) is 0.383. The predicted molar refractivity (Wildman–Crippen MR) is 37.4 cm³/mol. The second-order valence-electron chi connectivity index (χ2n) is 2.39. The van der Waals surface area contributed by atoms with Crippen LogP contribution in [0.2, 0.25) is 0 Å². The number of amides is 1. The Kier molecular flexibility index (Phi) is 3.99. The van der Waals surface area contributed by atoms with Crippen molar-refractivity contribution in [2.24, 2.45) is 11.7 Å². The summed E-state index contributed by atoms with van der Waals surface area (Å²) in [5, 5.41) is 8.17. The van der Waals surface area contributed by atoms with E-state index in [9.17, 15) is 4.79 Å². The van der Waals surface area contributed by atoms with Crippen LogP contribution in [0.5, 0.6) is 0 Å². The summed E-state index contributed by atoms with van der Waals surface area (Å²) in [6.45, 7) is 3.80. The molecule has 0 heterocycles. The summed E-state index contributed by atoms with van der Waals surface area (Å²) in [5.74, 6) is -0.415. The summed E-state index contributed by atoms with van der Waals surface area (Å²) in [7, 11) is 0. The zero-order valence-corrected chi connectivity index (χ0v) is 6.29. The Labute approximate surface area is 60.4 Å². The Bertz CT molecular complexity index is 116. The minimum Gasteiger partial charge on any atom is -0.320 e. The fraction of sp³-hybridized carbons (Fsp3) is 0.833. The first-order valence-corrected chi connectivity index (χ1v) is 3.33. The molecule has 0 spiro atoms. The third-order valence-electron chi connectivity index (χ3n) is 1.67. The summed E-state index contributed by atoms with van der Waals surface area (Å²) < 4.78 is 0. The molecule has 0 aliphatic heterocycles. The van der Waals surface area contributed by atoms with Crippen molar-refractivity contribution in [2.45, 2.75) is 26.3 Å². The first kappa shape index (κ1) is 9.39. The van der Waals surface area contributed by atoms with Gasteiger partial charge in [-0.1, -0.05) is 20.3 Å². The van der Waals surface area contributed by atoms with E-state index < -0.39 is 11.9 Å². The second-order valence-corrected chi connectivity index (χ2v) is 2.39. The zero-order valence-electron chi connectivity index (χ0n) is 6.29. The van der Waals surface area contributed by atoms with Crippen molar-refractivity contribution in [1.29, 1.82) is 0 Å². The van der Waals surface area contributed by atoms with Crippen LogP contribution in [-0.2, 0) is 4.79 Å². The molecule has 0 rings (SSSR count). The molecular weight excluding hydrogens is 132 g/mol. The van der Waals surface area contributed by atoms with Gasteiger partial charge in [-0.3, -0.25) is 10.0 Å². The van der Waals surface area contributed by atoms with Gasteiger partial charge in [0.05, 0.1) is 6.04 Å². The van der Waals surface area contributed by atoms with Gasteiger partial charge < -0.3 is 5.73 Å². The Morgan fingerprint density at radius 3 is 2.60 bits per heavy atom. The molecule has 2 atom stereocenters. The van der Waals surface area contributed by atoms with Crippen molar-refractivity contribution in [3.63, 3.8) is 0 Å². The average molecular weight is 146 g/mol. The van der Waals surface area contributed by atoms with Crippen molar-refractivity contribution >= 4 is 5.91 Å². The minimum atomic E-state index is -0.602. The molecule has 0 aliphatic rings. The monoisotopic (exact) mass is 146 g/mol. The van der Waals surface area contributed by atoms with Crippen LogP contribution in [0.25, 0.3) is 0 Å². The lowest BCUT2D eigenvalue weighted by Crippen LogP contribution is -2.43. The van der Waals surface area contributed by atoms with Gasteiger partial charge in [0, 0.05) is 0 Å². The fourth-order valence-electron chi connectivity index (χ4n) is 0.587. The van der Waals surface area contributed by atoms with Crippen molar-refractivity contribution in [3.8, 4) is 0 Å². The van der Waals surface area contributed by atoms with E-state index in [0.29, 0.717) is 0 Å². The molecule has 60 valence electrons. The summed E-state index contributed by atoms with van der Waals surface area (Å²) >= 11 is 0. The zero-order chi connectivity index (χ0) is 8.15. The van der Waals surface area contributed by atoms with Gasteiger partial charge in [-0.05, 0) is 5.92 Å². The molecule has 0 fully saturated rings. The number of nitrogens with two attached hydrogens (primary N) is 1. The normalized spacial score (nSPS) is 16.0. The van der Waals surface area contributed by atoms with Gasteiger partial charge in [0.15, 0.2) is 0 Å². The van der Waals surface area contributed by atoms with Crippen LogP contribution in [0, 0.1) is 5.92 Å². The number of carbonyl (C=O) groups is 1. The molecule has 0 bridgehead atoms. The van der Waals surface area contributed by atoms with Crippen LogP contribution in [-0.4, -0.2) is 17.2 Å². The Morgan fingerprint density at radius 1 is 1.80 bits per heavy atom. The number of rotatable bonds is 3. The highest BCUT2D eigenvalue weighted by Gasteiger charge is 2.17. The average Bonchev–Trinajstić information content (AvgIpc) is 2.00. The molecule has 0 saturated carbocycles. The Balaban J connectivity index is 3.81. The maximum Gasteiger partial charge on any atom is 0.260 e. The summed E-state index contributed by atoms with van der Waals surface area (Å²) in [5.41, 5.74) is 6.93. The van der Waals surface area contributed by atoms with E-state index in [2.05, 4.69) is 0 Å². The fourth-order valence-corrected chi connectivity index (χ4v) is 0.587. The molecule has 4 heteroatoms. The minimum absolute atomic E-state index is 0.104. The van der Waals surface area contributed by atoms with Crippen LogP contribution in [0.1, 0.15) is 20.3 Å². The molecule has 0 aliphatic carbocycles. The van der Waals surface area contributed by atoms with Crippen molar-refractivity contribution < 1.29 is 10.0 Å². The molecule has 1 amide bonds. The molecule has 0 aromatic rings. The topological polar surface area (TPSA) is 75.4 Å². The molecule has 0 unspecified atom stereocenters. The van der Waals surface area contributed by atoms with Crippen LogP contribution < -0.4 is 11.2 Å². The Hall–Kier alpha value is -0.610. The standard InChI is InChI=1S/C6H14N2O2/c1-3-4(2)5(7)6(9)8-10/h4-5,10H,3,7H2,1-2H3,(H,8,9)/t4-,5+/m1/s1. The number of hydrogen-bond donors (Lipinski definition) is 3. The van der Waals surface area contributed by atoms with E-state index in [-0.39, 0.29) is 5.92 Å². The molecule has 10 heavy (non-hydrogen) atoms. The molecular formula is C6H14N2O2.